The van der Waals surface area contributed by atoms with E-state index in [0.717, 1.165) is 0 Å². The van der Waals surface area contributed by atoms with Gasteiger partial charge in [-0.1, -0.05) is 157 Å². The molecule has 0 aliphatic heterocycles. The quantitative estimate of drug-likeness (QED) is 0.168. The van der Waals surface area contributed by atoms with Crippen molar-refractivity contribution in [3.8, 4) is 44.5 Å². The predicted molar refractivity (Wildman–Crippen MR) is 235 cm³/mol. The van der Waals surface area contributed by atoms with Crippen LogP contribution in [0.3, 0.4) is 0 Å². The number of hydrogen-bond acceptors (Lipinski definition) is 2. The first kappa shape index (κ1) is 13.1. The van der Waals surface area contributed by atoms with Crippen molar-refractivity contribution in [1.29, 1.82) is 0 Å². The highest BCUT2D eigenvalue weighted by atomic mass is 16.3. The van der Waals surface area contributed by atoms with Gasteiger partial charge in [0.25, 0.3) is 0 Å². The minimum atomic E-state index is -1.15. The van der Waals surface area contributed by atoms with Gasteiger partial charge in [-0.2, -0.15) is 0 Å². The first-order valence-electron chi connectivity index (χ1n) is 32.6. The van der Waals surface area contributed by atoms with Crippen LogP contribution < -0.4 is 0 Å². The van der Waals surface area contributed by atoms with Gasteiger partial charge >= 0.3 is 0 Å². The van der Waals surface area contributed by atoms with Gasteiger partial charge in [0.2, 0.25) is 0 Å². The fourth-order valence-electron chi connectivity index (χ4n) is 6.90. The molecule has 0 saturated carbocycles. The van der Waals surface area contributed by atoms with Crippen LogP contribution in [-0.4, -0.2) is 0 Å². The Bertz CT molecular complexity index is 5290. The van der Waals surface area contributed by atoms with Crippen LogP contribution in [0.2, 0.25) is 0 Å². The smallest absolute Gasteiger partial charge is 0.136 e. The Labute approximate surface area is 367 Å². The zero-order chi connectivity index (χ0) is 64.6. The Kier molecular flexibility index (Phi) is 2.82. The van der Waals surface area contributed by atoms with Crippen LogP contribution in [-0.2, 0) is 0 Å². The van der Waals surface area contributed by atoms with Crippen molar-refractivity contribution in [3.63, 3.8) is 0 Å². The maximum absolute atomic E-state index is 9.99. The maximum atomic E-state index is 9.99. The first-order chi connectivity index (χ1) is 41.1. The average Bonchev–Trinajstić information content (AvgIpc) is 1.03. The van der Waals surface area contributed by atoms with E-state index in [9.17, 15) is 20.6 Å². The second kappa shape index (κ2) is 12.0. The van der Waals surface area contributed by atoms with Crippen LogP contribution >= 0.6 is 0 Å². The van der Waals surface area contributed by atoms with Crippen molar-refractivity contribution in [2.45, 2.75) is 0 Å². The molecule has 56 heavy (non-hydrogen) atoms. The van der Waals surface area contributed by atoms with E-state index in [1.807, 2.05) is 0 Å². The van der Waals surface area contributed by atoms with Gasteiger partial charge in [0.15, 0.2) is 0 Å². The van der Waals surface area contributed by atoms with Crippen molar-refractivity contribution in [2.75, 3.05) is 0 Å². The molecule has 0 amide bonds. The summed E-state index contributed by atoms with van der Waals surface area (Å²) in [6.07, 6.45) is 0. The summed E-state index contributed by atoms with van der Waals surface area (Å²) in [4.78, 5) is 0. The lowest BCUT2D eigenvalue weighted by molar-refractivity contribution is 0.663. The number of para-hydroxylation sites is 1. The molecule has 260 valence electrons. The Hall–Kier alpha value is -7.42. The molecule has 2 heteroatoms. The molecule has 10 aromatic carbocycles. The molecule has 0 spiro atoms. The normalized spacial score (nSPS) is 19.9. The van der Waals surface area contributed by atoms with E-state index in [1.54, 1.807) is 0 Å². The summed E-state index contributed by atoms with van der Waals surface area (Å²) in [5.41, 5.74) is -9.03. The molecule has 0 unspecified atom stereocenters. The third kappa shape index (κ3) is 4.63. The van der Waals surface area contributed by atoms with Crippen LogP contribution in [0.1, 0.15) is 43.9 Å². The largest absolute Gasteiger partial charge is 0.456 e. The van der Waals surface area contributed by atoms with E-state index in [4.69, 9.17) is 32.1 Å². The van der Waals surface area contributed by atoms with Gasteiger partial charge in [0.1, 0.15) is 22.3 Å². The van der Waals surface area contributed by atoms with Crippen LogP contribution in [0.4, 0.5) is 0 Å². The van der Waals surface area contributed by atoms with Gasteiger partial charge in [-0.3, -0.25) is 0 Å². The predicted octanol–water partition coefficient (Wildman–Crippen LogP) is 15.6. The van der Waals surface area contributed by atoms with Crippen LogP contribution in [0.5, 0.6) is 0 Å². The van der Waals surface area contributed by atoms with Gasteiger partial charge in [-0.25, -0.2) is 0 Å². The van der Waals surface area contributed by atoms with E-state index in [0.29, 0.717) is 0 Å². The van der Waals surface area contributed by atoms with E-state index in [2.05, 4.69) is 0 Å². The van der Waals surface area contributed by atoms with Gasteiger partial charge in [-0.05, 0) is 113 Å². The zero-order valence-electron chi connectivity index (χ0n) is 59.8. The zero-order valence-corrected chi connectivity index (χ0v) is 27.8. The summed E-state index contributed by atoms with van der Waals surface area (Å²) >= 11 is 0. The molecule has 2 heterocycles. The van der Waals surface area contributed by atoms with Gasteiger partial charge in [-0.15, -0.1) is 0 Å². The second-order valence-electron chi connectivity index (χ2n) is 12.3. The summed E-state index contributed by atoms with van der Waals surface area (Å²) in [5, 5.41) is -5.96. The lowest BCUT2D eigenvalue weighted by Gasteiger charge is -2.18. The van der Waals surface area contributed by atoms with Crippen molar-refractivity contribution in [3.05, 3.63) is 193 Å². The first-order valence-corrected chi connectivity index (χ1v) is 16.6. The molecule has 2 nitrogen and oxygen atoms in total. The molecule has 12 aromatic rings. The van der Waals surface area contributed by atoms with Gasteiger partial charge in [0.05, 0.1) is 43.9 Å². The molecule has 0 N–H and O–H groups in total. The van der Waals surface area contributed by atoms with Crippen LogP contribution in [0.25, 0.3) is 121 Å². The Morgan fingerprint density at radius 2 is 0.768 bits per heavy atom. The molecule has 0 bridgehead atoms. The minimum Gasteiger partial charge on any atom is -0.456 e. The lowest BCUT2D eigenvalue weighted by atomic mass is 9.85. The highest BCUT2D eigenvalue weighted by Crippen LogP contribution is 2.45. The highest BCUT2D eigenvalue weighted by molar-refractivity contribution is 6.26. The van der Waals surface area contributed by atoms with Crippen molar-refractivity contribution in [2.24, 2.45) is 0 Å². The molecule has 0 aliphatic rings. The van der Waals surface area contributed by atoms with Crippen molar-refractivity contribution >= 4 is 76.2 Å². The Morgan fingerprint density at radius 3 is 1.48 bits per heavy atom. The maximum Gasteiger partial charge on any atom is 0.136 e. The van der Waals surface area contributed by atoms with E-state index >= 15 is 0 Å². The third-order valence-corrected chi connectivity index (χ3v) is 9.27. The second-order valence-corrected chi connectivity index (χ2v) is 12.3. The Balaban J connectivity index is 1.24. The molecule has 0 radical (unpaired) electrons. The van der Waals surface area contributed by atoms with E-state index < -0.39 is 298 Å². The van der Waals surface area contributed by atoms with Gasteiger partial charge < -0.3 is 8.83 Å². The molecule has 12 rings (SSSR count). The number of furan rings is 2. The molecule has 2 aromatic heterocycles. The summed E-state index contributed by atoms with van der Waals surface area (Å²) in [5.74, 6) is 0. The SMILES string of the molecule is [2H]c1c([2H])c(-c2c([2H])c([2H])c3c(oc4c([2H])c([2H])c5oc6c([2H])c([2H])c([2H])c([2H])c6c5c43)c2[2H])c([2H])c(-c2c3c([2H])c([2H])c([2H])c([2H])c3c(-c3c([2H])c([2H])c(-c4c([2H])c([2H])c([2H])c5c([2H])c([2H])c([2H])c([2H])c45)c([2H])c3[2H])c3c([2H])c([2H])c([2H])c([2H])c23)c1[2H]. The summed E-state index contributed by atoms with van der Waals surface area (Å²) in [7, 11) is 0. The topological polar surface area (TPSA) is 26.3 Å². The third-order valence-electron chi connectivity index (χ3n) is 9.27. The molecular weight excluding hydrogens is 681 g/mol. The lowest BCUT2D eigenvalue weighted by Crippen LogP contribution is -1.91. The molecule has 0 aliphatic carbocycles. The van der Waals surface area contributed by atoms with E-state index in [1.165, 1.54) is 0 Å². The molecular formula is C54H32O2. The average molecular weight is 745 g/mol. The highest BCUT2D eigenvalue weighted by Gasteiger charge is 2.19. The van der Waals surface area contributed by atoms with E-state index in [-0.39, 0.29) is 16.2 Å². The summed E-state index contributed by atoms with van der Waals surface area (Å²) in [6, 6.07) is -30.9. The monoisotopic (exact) mass is 744 g/mol. The number of hydrogen-bond donors (Lipinski definition) is 0. The van der Waals surface area contributed by atoms with Crippen molar-refractivity contribution < 1.29 is 52.7 Å². The van der Waals surface area contributed by atoms with Crippen LogP contribution in [0, 0.1) is 0 Å². The number of benzene rings is 10. The summed E-state index contributed by atoms with van der Waals surface area (Å²) in [6.45, 7) is 0. The molecule has 0 atom stereocenters. The standard InChI is InChI=1S/C54H32O2/c1-2-15-39-33(11-1)12-10-21-40(39)34-23-25-35(26-24-34)51-41-16-3-5-18-43(41)52(44-19-6-4-17-42(44)51)38-14-9-13-36(31-38)37-27-28-46-50(32-37)56-49-30-29-48-53(54(46)49)45-20-7-8-22-47(45)55-48/h1-32H/i1D,2D,3D,4D,5D,6D,7D,8D,9D,10D,11D,12D,13D,14D,15D,16D,17D,18D,19D,20D,21D,22D,23D,24D,25D,26D,27D,28D,29D,30D,31D,32D. The number of fused-ring (bicyclic) bond motifs is 10. The molecule has 0 saturated heterocycles. The number of rotatable bonds is 4. The fourth-order valence-corrected chi connectivity index (χ4v) is 6.90. The van der Waals surface area contributed by atoms with Gasteiger partial charge in [0, 0.05) is 21.5 Å². The minimum absolute atomic E-state index is 0.259. The molecule has 0 fully saturated rings. The fraction of sp³-hybridized carbons (Fsp3) is 0. The summed E-state index contributed by atoms with van der Waals surface area (Å²) < 4.78 is 303. The van der Waals surface area contributed by atoms with Crippen LogP contribution in [0.15, 0.2) is 202 Å². The van der Waals surface area contributed by atoms with Crippen molar-refractivity contribution in [1.82, 2.24) is 0 Å². The Morgan fingerprint density at radius 1 is 0.286 bits per heavy atom.